The summed E-state index contributed by atoms with van der Waals surface area (Å²) in [4.78, 5) is 0. The third-order valence-electron chi connectivity index (χ3n) is 3.90. The van der Waals surface area contributed by atoms with E-state index in [2.05, 4.69) is 16.0 Å². The predicted octanol–water partition coefficient (Wildman–Crippen LogP) is 2.75. The molecule has 4 nitrogen and oxygen atoms in total. The Bertz CT molecular complexity index is 541. The van der Waals surface area contributed by atoms with Gasteiger partial charge in [0, 0.05) is 24.4 Å². The minimum atomic E-state index is 0.432. The highest BCUT2D eigenvalue weighted by molar-refractivity contribution is 5.81. The average Bonchev–Trinajstić information content (AvgIpc) is 2.81. The molecule has 0 atom stereocenters. The van der Waals surface area contributed by atoms with Crippen LogP contribution in [0.3, 0.4) is 0 Å². The third-order valence-corrected chi connectivity index (χ3v) is 3.90. The summed E-state index contributed by atoms with van der Waals surface area (Å²) in [5.41, 5.74) is 7.62. The predicted molar refractivity (Wildman–Crippen MR) is 72.4 cm³/mol. The maximum Gasteiger partial charge on any atom is 0.0924 e. The first-order valence-corrected chi connectivity index (χ1v) is 6.53. The molecule has 1 heterocycles. The van der Waals surface area contributed by atoms with Crippen LogP contribution in [0.25, 0.3) is 10.9 Å². The zero-order valence-electron chi connectivity index (χ0n) is 10.7. The molecule has 3 rings (SSSR count). The van der Waals surface area contributed by atoms with Crippen molar-refractivity contribution in [3.8, 4) is 0 Å². The van der Waals surface area contributed by atoms with E-state index in [0.717, 1.165) is 42.3 Å². The number of aromatic nitrogens is 2. The van der Waals surface area contributed by atoms with Gasteiger partial charge in [0.2, 0.25) is 0 Å². The highest BCUT2D eigenvalue weighted by Crippen LogP contribution is 2.30. The lowest BCUT2D eigenvalue weighted by atomic mass is 9.93. The molecule has 0 radical (unpaired) electrons. The quantitative estimate of drug-likeness (QED) is 0.828. The smallest absolute Gasteiger partial charge is 0.0924 e. The first-order valence-electron chi connectivity index (χ1n) is 6.53. The molecule has 0 aliphatic heterocycles. The Labute approximate surface area is 107 Å². The Morgan fingerprint density at radius 2 is 2.06 bits per heavy atom. The molecule has 1 fully saturated rings. The van der Waals surface area contributed by atoms with E-state index in [1.54, 1.807) is 7.11 Å². The van der Waals surface area contributed by atoms with Gasteiger partial charge in [0.15, 0.2) is 0 Å². The summed E-state index contributed by atoms with van der Waals surface area (Å²) in [6.07, 6.45) is 7.08. The van der Waals surface area contributed by atoms with Gasteiger partial charge in [-0.05, 0) is 43.9 Å². The number of fused-ring (bicyclic) bond motifs is 1. The van der Waals surface area contributed by atoms with Gasteiger partial charge >= 0.3 is 0 Å². The number of hydrogen-bond donors (Lipinski definition) is 1. The van der Waals surface area contributed by atoms with E-state index in [-0.39, 0.29) is 0 Å². The van der Waals surface area contributed by atoms with E-state index in [9.17, 15) is 0 Å². The summed E-state index contributed by atoms with van der Waals surface area (Å²) in [6, 6.07) is 6.38. The monoisotopic (exact) mass is 245 g/mol. The number of methoxy groups -OCH3 is 1. The maximum absolute atomic E-state index is 5.79. The fraction of sp³-hybridized carbons (Fsp3) is 0.500. The fourth-order valence-electron chi connectivity index (χ4n) is 2.80. The van der Waals surface area contributed by atoms with Crippen molar-refractivity contribution in [2.24, 2.45) is 0 Å². The topological polar surface area (TPSA) is 53.1 Å². The van der Waals surface area contributed by atoms with Crippen LogP contribution in [0.5, 0.6) is 0 Å². The summed E-state index contributed by atoms with van der Waals surface area (Å²) in [6.45, 7) is 0. The molecule has 18 heavy (non-hydrogen) atoms. The van der Waals surface area contributed by atoms with Crippen molar-refractivity contribution in [1.82, 2.24) is 9.78 Å². The number of nitrogens with two attached hydrogens (primary N) is 1. The Balaban J connectivity index is 1.82. The first-order chi connectivity index (χ1) is 8.76. The molecule has 1 saturated carbocycles. The van der Waals surface area contributed by atoms with Crippen LogP contribution in [0.1, 0.15) is 31.7 Å². The van der Waals surface area contributed by atoms with Crippen molar-refractivity contribution in [3.05, 3.63) is 24.4 Å². The van der Waals surface area contributed by atoms with E-state index in [4.69, 9.17) is 10.5 Å². The van der Waals surface area contributed by atoms with E-state index < -0.39 is 0 Å². The largest absolute Gasteiger partial charge is 0.399 e. The second kappa shape index (κ2) is 4.61. The Morgan fingerprint density at radius 1 is 1.28 bits per heavy atom. The molecule has 1 aliphatic carbocycles. The van der Waals surface area contributed by atoms with Crippen LogP contribution in [-0.4, -0.2) is 23.0 Å². The van der Waals surface area contributed by atoms with Crippen molar-refractivity contribution >= 4 is 16.6 Å². The van der Waals surface area contributed by atoms with Gasteiger partial charge in [-0.3, -0.25) is 4.68 Å². The van der Waals surface area contributed by atoms with E-state index in [1.165, 1.54) is 0 Å². The summed E-state index contributed by atoms with van der Waals surface area (Å²) >= 11 is 0. The number of nitrogen functional groups attached to an aromatic ring is 1. The summed E-state index contributed by atoms with van der Waals surface area (Å²) in [5.74, 6) is 0. The van der Waals surface area contributed by atoms with Crippen molar-refractivity contribution in [3.63, 3.8) is 0 Å². The van der Waals surface area contributed by atoms with Crippen LogP contribution < -0.4 is 5.73 Å². The third kappa shape index (κ3) is 2.08. The average molecular weight is 245 g/mol. The van der Waals surface area contributed by atoms with Gasteiger partial charge in [0.25, 0.3) is 0 Å². The molecule has 1 aromatic carbocycles. The van der Waals surface area contributed by atoms with Crippen LogP contribution in [0.15, 0.2) is 24.4 Å². The second-order valence-electron chi connectivity index (χ2n) is 5.09. The lowest BCUT2D eigenvalue weighted by Gasteiger charge is -2.27. The normalized spacial score (nSPS) is 24.5. The molecular formula is C14H19N3O. The summed E-state index contributed by atoms with van der Waals surface area (Å²) in [5, 5.41) is 5.78. The molecule has 2 N–H and O–H groups in total. The second-order valence-corrected chi connectivity index (χ2v) is 5.09. The van der Waals surface area contributed by atoms with Crippen LogP contribution in [-0.2, 0) is 4.74 Å². The molecule has 4 heteroatoms. The zero-order chi connectivity index (χ0) is 12.5. The van der Waals surface area contributed by atoms with E-state index >= 15 is 0 Å². The molecule has 0 saturated heterocycles. The van der Waals surface area contributed by atoms with Crippen LogP contribution in [0.4, 0.5) is 5.69 Å². The van der Waals surface area contributed by atoms with Gasteiger partial charge in [0.05, 0.1) is 17.7 Å². The molecule has 0 unspecified atom stereocenters. The number of benzene rings is 1. The molecule has 0 amide bonds. The number of ether oxygens (including phenoxy) is 1. The number of anilines is 1. The highest BCUT2D eigenvalue weighted by Gasteiger charge is 2.22. The van der Waals surface area contributed by atoms with Crippen molar-refractivity contribution in [1.29, 1.82) is 0 Å². The Hall–Kier alpha value is -1.55. The van der Waals surface area contributed by atoms with Gasteiger partial charge in [-0.2, -0.15) is 5.10 Å². The van der Waals surface area contributed by atoms with E-state index in [1.807, 2.05) is 18.2 Å². The maximum atomic E-state index is 5.79. The summed E-state index contributed by atoms with van der Waals surface area (Å²) in [7, 11) is 1.80. The molecule has 0 spiro atoms. The number of rotatable bonds is 2. The lowest BCUT2D eigenvalue weighted by Crippen LogP contribution is -2.22. The minimum Gasteiger partial charge on any atom is -0.399 e. The molecule has 0 bridgehead atoms. The van der Waals surface area contributed by atoms with Gasteiger partial charge in [0.1, 0.15) is 0 Å². The summed E-state index contributed by atoms with van der Waals surface area (Å²) < 4.78 is 7.51. The standard InChI is InChI=1S/C14H19N3O/c1-18-13-5-3-12(4-6-13)17-9-10-8-11(15)2-7-14(10)16-17/h2,7-9,12-13H,3-6,15H2,1H3. The number of hydrogen-bond acceptors (Lipinski definition) is 3. The lowest BCUT2D eigenvalue weighted by molar-refractivity contribution is 0.0569. The van der Waals surface area contributed by atoms with Crippen LogP contribution in [0.2, 0.25) is 0 Å². The Morgan fingerprint density at radius 3 is 2.78 bits per heavy atom. The van der Waals surface area contributed by atoms with Crippen molar-refractivity contribution < 1.29 is 4.74 Å². The van der Waals surface area contributed by atoms with Gasteiger partial charge in [-0.25, -0.2) is 0 Å². The van der Waals surface area contributed by atoms with Gasteiger partial charge in [-0.1, -0.05) is 0 Å². The number of nitrogens with zero attached hydrogens (tertiary/aromatic N) is 2. The van der Waals surface area contributed by atoms with Crippen molar-refractivity contribution in [2.45, 2.75) is 37.8 Å². The molecule has 96 valence electrons. The van der Waals surface area contributed by atoms with Crippen LogP contribution >= 0.6 is 0 Å². The fourth-order valence-corrected chi connectivity index (χ4v) is 2.80. The van der Waals surface area contributed by atoms with Crippen LogP contribution in [0, 0.1) is 0 Å². The minimum absolute atomic E-state index is 0.432. The molecular weight excluding hydrogens is 226 g/mol. The van der Waals surface area contributed by atoms with E-state index in [0.29, 0.717) is 12.1 Å². The van der Waals surface area contributed by atoms with Gasteiger partial charge < -0.3 is 10.5 Å². The Kier molecular flexibility index (Phi) is 2.96. The molecule has 1 aliphatic rings. The SMILES string of the molecule is COC1CCC(n2cc3cc(N)ccc3n2)CC1. The van der Waals surface area contributed by atoms with Gasteiger partial charge in [-0.15, -0.1) is 0 Å². The molecule has 2 aromatic rings. The first kappa shape index (κ1) is 11.5. The highest BCUT2D eigenvalue weighted by atomic mass is 16.5. The molecule has 1 aromatic heterocycles. The van der Waals surface area contributed by atoms with Crippen molar-refractivity contribution in [2.75, 3.05) is 12.8 Å². The zero-order valence-corrected chi connectivity index (χ0v) is 10.7.